The molecule has 1 aromatic heterocycles. The first-order valence-corrected chi connectivity index (χ1v) is 4.38. The zero-order valence-electron chi connectivity index (χ0n) is 7.86. The predicted octanol–water partition coefficient (Wildman–Crippen LogP) is 0.903. The van der Waals surface area contributed by atoms with Gasteiger partial charge in [0.15, 0.2) is 0 Å². The van der Waals surface area contributed by atoms with E-state index in [-0.39, 0.29) is 6.10 Å². The van der Waals surface area contributed by atoms with Crippen molar-refractivity contribution in [1.82, 2.24) is 4.98 Å². The number of pyridine rings is 1. The molecule has 0 N–H and O–H groups in total. The van der Waals surface area contributed by atoms with Gasteiger partial charge in [-0.15, -0.1) is 0 Å². The van der Waals surface area contributed by atoms with Gasteiger partial charge in [0.1, 0.15) is 12.2 Å². The number of nitrogens with zero attached hydrogens (tertiary/aromatic N) is 2. The first kappa shape index (κ1) is 8.97. The molecule has 0 amide bonds. The van der Waals surface area contributed by atoms with Crippen LogP contribution >= 0.6 is 0 Å². The lowest BCUT2D eigenvalue weighted by molar-refractivity contribution is 0.0928. The van der Waals surface area contributed by atoms with Gasteiger partial charge in [-0.2, -0.15) is 5.26 Å². The highest BCUT2D eigenvalue weighted by atomic mass is 16.5. The van der Waals surface area contributed by atoms with E-state index in [1.807, 2.05) is 6.07 Å². The van der Waals surface area contributed by atoms with Crippen LogP contribution in [-0.4, -0.2) is 24.8 Å². The number of nitriles is 1. The number of hydrogen-bond donors (Lipinski definition) is 0. The minimum absolute atomic E-state index is 0.0384. The van der Waals surface area contributed by atoms with Gasteiger partial charge in [0, 0.05) is 25.3 Å². The molecule has 0 bridgehead atoms. The van der Waals surface area contributed by atoms with Gasteiger partial charge in [0.25, 0.3) is 0 Å². The smallest absolute Gasteiger partial charge is 0.217 e. The Morgan fingerprint density at radius 2 is 2.64 bits per heavy atom. The van der Waals surface area contributed by atoms with E-state index in [0.717, 1.165) is 12.0 Å². The number of rotatable bonds is 2. The summed E-state index contributed by atoms with van der Waals surface area (Å²) in [5.41, 5.74) is 1.57. The van der Waals surface area contributed by atoms with Gasteiger partial charge in [-0.05, 0) is 6.07 Å². The second-order valence-electron chi connectivity index (χ2n) is 3.20. The summed E-state index contributed by atoms with van der Waals surface area (Å²) >= 11 is 0. The summed E-state index contributed by atoms with van der Waals surface area (Å²) in [6, 6.07) is 3.87. The van der Waals surface area contributed by atoms with Crippen molar-refractivity contribution in [3.05, 3.63) is 23.4 Å². The Hall–Kier alpha value is -1.60. The molecule has 1 aliphatic rings. The summed E-state index contributed by atoms with van der Waals surface area (Å²) in [5, 5.41) is 8.68. The normalized spacial score (nSPS) is 18.4. The summed E-state index contributed by atoms with van der Waals surface area (Å²) in [7, 11) is 1.64. The van der Waals surface area contributed by atoms with Crippen molar-refractivity contribution >= 4 is 0 Å². The van der Waals surface area contributed by atoms with Crippen molar-refractivity contribution in [1.29, 1.82) is 5.26 Å². The summed E-state index contributed by atoms with van der Waals surface area (Å²) in [5.74, 6) is 0.631. The van der Waals surface area contributed by atoms with Gasteiger partial charge in [0.2, 0.25) is 5.88 Å². The quantitative estimate of drug-likeness (QED) is 0.695. The van der Waals surface area contributed by atoms with Crippen molar-refractivity contribution in [2.24, 2.45) is 0 Å². The van der Waals surface area contributed by atoms with Crippen molar-refractivity contribution < 1.29 is 9.47 Å². The molecule has 14 heavy (non-hydrogen) atoms. The first-order chi connectivity index (χ1) is 6.83. The SMILES string of the molecule is COCC1Cc2cc(C#N)cnc2O1. The van der Waals surface area contributed by atoms with Crippen molar-refractivity contribution in [2.75, 3.05) is 13.7 Å². The highest BCUT2D eigenvalue weighted by molar-refractivity contribution is 5.38. The fourth-order valence-corrected chi connectivity index (χ4v) is 1.53. The van der Waals surface area contributed by atoms with E-state index in [1.165, 1.54) is 6.20 Å². The van der Waals surface area contributed by atoms with Crippen LogP contribution in [0.3, 0.4) is 0 Å². The van der Waals surface area contributed by atoms with Crippen LogP contribution < -0.4 is 4.74 Å². The minimum Gasteiger partial charge on any atom is -0.471 e. The van der Waals surface area contributed by atoms with E-state index in [1.54, 1.807) is 7.11 Å². The number of fused-ring (bicyclic) bond motifs is 1. The molecule has 1 aromatic rings. The van der Waals surface area contributed by atoms with Crippen LogP contribution in [0.5, 0.6) is 5.88 Å². The molecule has 72 valence electrons. The lowest BCUT2D eigenvalue weighted by Gasteiger charge is -2.07. The third-order valence-corrected chi connectivity index (χ3v) is 2.13. The lowest BCUT2D eigenvalue weighted by atomic mass is 10.1. The Morgan fingerprint density at radius 3 is 3.36 bits per heavy atom. The van der Waals surface area contributed by atoms with E-state index in [2.05, 4.69) is 11.1 Å². The molecule has 1 unspecified atom stereocenters. The minimum atomic E-state index is 0.0384. The van der Waals surface area contributed by atoms with Crippen LogP contribution in [0, 0.1) is 11.3 Å². The second kappa shape index (κ2) is 3.64. The summed E-state index contributed by atoms with van der Waals surface area (Å²) in [4.78, 5) is 4.06. The molecular formula is C10H10N2O2. The Bertz CT molecular complexity index is 384. The monoisotopic (exact) mass is 190 g/mol. The average molecular weight is 190 g/mol. The van der Waals surface area contributed by atoms with Gasteiger partial charge in [-0.3, -0.25) is 0 Å². The molecule has 1 aliphatic heterocycles. The second-order valence-corrected chi connectivity index (χ2v) is 3.20. The molecule has 0 fully saturated rings. The van der Waals surface area contributed by atoms with Gasteiger partial charge in [-0.1, -0.05) is 0 Å². The van der Waals surface area contributed by atoms with E-state index in [9.17, 15) is 0 Å². The van der Waals surface area contributed by atoms with Crippen molar-refractivity contribution in [3.8, 4) is 11.9 Å². The maximum Gasteiger partial charge on any atom is 0.217 e. The number of aromatic nitrogens is 1. The molecule has 4 heteroatoms. The Labute approximate surface area is 82.1 Å². The summed E-state index contributed by atoms with van der Waals surface area (Å²) in [6.45, 7) is 0.554. The fourth-order valence-electron chi connectivity index (χ4n) is 1.53. The summed E-state index contributed by atoms with van der Waals surface area (Å²) in [6.07, 6.45) is 2.33. The third-order valence-electron chi connectivity index (χ3n) is 2.13. The van der Waals surface area contributed by atoms with E-state index >= 15 is 0 Å². The topological polar surface area (TPSA) is 55.1 Å². The fraction of sp³-hybridized carbons (Fsp3) is 0.400. The maximum absolute atomic E-state index is 8.68. The molecule has 2 heterocycles. The zero-order valence-corrected chi connectivity index (χ0v) is 7.86. The highest BCUT2D eigenvalue weighted by Crippen LogP contribution is 2.26. The van der Waals surface area contributed by atoms with E-state index in [0.29, 0.717) is 18.1 Å². The molecular weight excluding hydrogens is 180 g/mol. The van der Waals surface area contributed by atoms with Crippen LogP contribution in [0.15, 0.2) is 12.3 Å². The van der Waals surface area contributed by atoms with Crippen molar-refractivity contribution in [3.63, 3.8) is 0 Å². The van der Waals surface area contributed by atoms with Gasteiger partial charge >= 0.3 is 0 Å². The molecule has 2 rings (SSSR count). The Kier molecular flexibility index (Phi) is 2.33. The van der Waals surface area contributed by atoms with Gasteiger partial charge in [-0.25, -0.2) is 4.98 Å². The van der Waals surface area contributed by atoms with Gasteiger partial charge in [0.05, 0.1) is 12.2 Å². The standard InChI is InChI=1S/C10H10N2O2/c1-13-6-9-3-8-2-7(4-11)5-12-10(8)14-9/h2,5,9H,3,6H2,1H3. The zero-order chi connectivity index (χ0) is 9.97. The molecule has 0 saturated carbocycles. The van der Waals surface area contributed by atoms with Crippen LogP contribution in [0.4, 0.5) is 0 Å². The van der Waals surface area contributed by atoms with Crippen LogP contribution in [-0.2, 0) is 11.2 Å². The predicted molar refractivity (Wildman–Crippen MR) is 48.9 cm³/mol. The molecule has 1 atom stereocenters. The molecule has 0 saturated heterocycles. The average Bonchev–Trinajstić information content (AvgIpc) is 2.59. The van der Waals surface area contributed by atoms with Crippen molar-refractivity contribution in [2.45, 2.75) is 12.5 Å². The number of methoxy groups -OCH3 is 1. The Morgan fingerprint density at radius 1 is 1.79 bits per heavy atom. The first-order valence-electron chi connectivity index (χ1n) is 4.38. The molecule has 0 aliphatic carbocycles. The molecule has 0 radical (unpaired) electrons. The molecule has 4 nitrogen and oxygen atoms in total. The number of hydrogen-bond acceptors (Lipinski definition) is 4. The molecule has 0 aromatic carbocycles. The lowest BCUT2D eigenvalue weighted by Crippen LogP contribution is -2.19. The molecule has 0 spiro atoms. The summed E-state index contributed by atoms with van der Waals surface area (Å²) < 4.78 is 10.5. The third kappa shape index (κ3) is 1.54. The van der Waals surface area contributed by atoms with Gasteiger partial charge < -0.3 is 9.47 Å². The Balaban J connectivity index is 2.19. The largest absolute Gasteiger partial charge is 0.471 e. The van der Waals surface area contributed by atoms with Crippen LogP contribution in [0.2, 0.25) is 0 Å². The van der Waals surface area contributed by atoms with E-state index < -0.39 is 0 Å². The maximum atomic E-state index is 8.68. The highest BCUT2D eigenvalue weighted by Gasteiger charge is 2.24. The number of ether oxygens (including phenoxy) is 2. The van der Waals surface area contributed by atoms with Crippen LogP contribution in [0.25, 0.3) is 0 Å². The van der Waals surface area contributed by atoms with Crippen LogP contribution in [0.1, 0.15) is 11.1 Å². The van der Waals surface area contributed by atoms with E-state index in [4.69, 9.17) is 14.7 Å².